The quantitative estimate of drug-likeness (QED) is 0.690. The molecule has 2 amide bonds. The summed E-state index contributed by atoms with van der Waals surface area (Å²) in [7, 11) is 0. The third kappa shape index (κ3) is 4.76. The van der Waals surface area contributed by atoms with Gasteiger partial charge in [0.2, 0.25) is 0 Å². The highest BCUT2D eigenvalue weighted by atomic mass is 19.1. The zero-order valence-electron chi connectivity index (χ0n) is 14.5. The Labute approximate surface area is 159 Å². The highest BCUT2D eigenvalue weighted by Gasteiger charge is 2.13. The summed E-state index contributed by atoms with van der Waals surface area (Å²) in [6.07, 6.45) is 0. The Morgan fingerprint density at radius 1 is 0.750 bits per heavy atom. The van der Waals surface area contributed by atoms with Gasteiger partial charge in [0.1, 0.15) is 17.5 Å². The second-order valence-electron chi connectivity index (χ2n) is 5.97. The van der Waals surface area contributed by atoms with Crippen molar-refractivity contribution in [2.75, 3.05) is 5.32 Å². The monoisotopic (exact) mass is 384 g/mol. The normalized spacial score (nSPS) is 10.4. The molecule has 0 spiro atoms. The Hall–Kier alpha value is -3.61. The van der Waals surface area contributed by atoms with Gasteiger partial charge in [-0.15, -0.1) is 0 Å². The van der Waals surface area contributed by atoms with E-state index in [1.54, 1.807) is 12.1 Å². The molecule has 3 rings (SSSR count). The first-order valence-electron chi connectivity index (χ1n) is 8.31. The lowest BCUT2D eigenvalue weighted by Gasteiger charge is -2.09. The molecule has 0 bridgehead atoms. The molecule has 0 atom stereocenters. The number of nitrogens with one attached hydrogen (secondary N) is 2. The second kappa shape index (κ2) is 8.39. The molecule has 142 valence electrons. The maximum atomic E-state index is 13.7. The topological polar surface area (TPSA) is 58.2 Å². The molecule has 0 radical (unpaired) electrons. The lowest BCUT2D eigenvalue weighted by atomic mass is 10.1. The van der Waals surface area contributed by atoms with Gasteiger partial charge in [-0.3, -0.25) is 9.59 Å². The van der Waals surface area contributed by atoms with Crippen LogP contribution in [-0.2, 0) is 6.54 Å². The van der Waals surface area contributed by atoms with Gasteiger partial charge >= 0.3 is 0 Å². The minimum atomic E-state index is -0.901. The van der Waals surface area contributed by atoms with Gasteiger partial charge in [0.05, 0.1) is 5.69 Å². The number of amides is 2. The van der Waals surface area contributed by atoms with Crippen LogP contribution in [0.1, 0.15) is 26.3 Å². The van der Waals surface area contributed by atoms with Gasteiger partial charge in [-0.2, -0.15) is 0 Å². The molecule has 0 aromatic heterocycles. The highest BCUT2D eigenvalue weighted by Crippen LogP contribution is 2.16. The number of benzene rings is 3. The minimum Gasteiger partial charge on any atom is -0.348 e. The molecule has 0 aliphatic rings. The zero-order chi connectivity index (χ0) is 20.1. The maximum Gasteiger partial charge on any atom is 0.255 e. The molecule has 0 heterocycles. The van der Waals surface area contributed by atoms with Gasteiger partial charge in [-0.25, -0.2) is 13.2 Å². The summed E-state index contributed by atoms with van der Waals surface area (Å²) in [4.78, 5) is 24.6. The van der Waals surface area contributed by atoms with E-state index in [0.717, 1.165) is 17.7 Å². The van der Waals surface area contributed by atoms with Crippen molar-refractivity contribution in [1.29, 1.82) is 0 Å². The van der Waals surface area contributed by atoms with Crippen molar-refractivity contribution in [3.63, 3.8) is 0 Å². The lowest BCUT2D eigenvalue weighted by molar-refractivity contribution is 0.0951. The van der Waals surface area contributed by atoms with Crippen molar-refractivity contribution < 1.29 is 22.8 Å². The first-order valence-corrected chi connectivity index (χ1v) is 8.31. The Kier molecular flexibility index (Phi) is 5.74. The van der Waals surface area contributed by atoms with Crippen LogP contribution in [-0.4, -0.2) is 11.8 Å². The van der Waals surface area contributed by atoms with Crippen LogP contribution in [0.15, 0.2) is 66.7 Å². The van der Waals surface area contributed by atoms with E-state index in [2.05, 4.69) is 10.6 Å². The van der Waals surface area contributed by atoms with Crippen LogP contribution in [0.2, 0.25) is 0 Å². The van der Waals surface area contributed by atoms with Gasteiger partial charge in [0, 0.05) is 23.7 Å². The Morgan fingerprint density at radius 2 is 1.39 bits per heavy atom. The molecule has 0 aliphatic carbocycles. The molecule has 0 saturated carbocycles. The minimum absolute atomic E-state index is 0.137. The van der Waals surface area contributed by atoms with E-state index < -0.39 is 23.4 Å². The summed E-state index contributed by atoms with van der Waals surface area (Å²) < 4.78 is 39.5. The molecule has 0 unspecified atom stereocenters. The number of halogens is 3. The van der Waals surface area contributed by atoms with Crippen LogP contribution < -0.4 is 10.6 Å². The Bertz CT molecular complexity index is 1020. The number of rotatable bonds is 5. The molecule has 0 aliphatic heterocycles. The van der Waals surface area contributed by atoms with E-state index in [1.165, 1.54) is 36.4 Å². The van der Waals surface area contributed by atoms with E-state index in [4.69, 9.17) is 0 Å². The first-order chi connectivity index (χ1) is 13.4. The summed E-state index contributed by atoms with van der Waals surface area (Å²) >= 11 is 0. The van der Waals surface area contributed by atoms with Crippen LogP contribution in [0.25, 0.3) is 0 Å². The van der Waals surface area contributed by atoms with Crippen molar-refractivity contribution >= 4 is 17.5 Å². The van der Waals surface area contributed by atoms with Crippen molar-refractivity contribution in [2.24, 2.45) is 0 Å². The van der Waals surface area contributed by atoms with E-state index >= 15 is 0 Å². The lowest BCUT2D eigenvalue weighted by Crippen LogP contribution is -2.23. The number of hydrogen-bond donors (Lipinski definition) is 2. The van der Waals surface area contributed by atoms with Crippen LogP contribution in [0.4, 0.5) is 18.9 Å². The van der Waals surface area contributed by atoms with Gasteiger partial charge in [0.25, 0.3) is 11.8 Å². The molecule has 0 saturated heterocycles. The standard InChI is InChI=1S/C21H15F3N2O2/c22-16-6-4-13(5-7-16)12-25-20(27)14-2-1-3-15(10-14)21(28)26-19-9-8-17(23)11-18(19)24/h1-11H,12H2,(H,25,27)(H,26,28). The SMILES string of the molecule is O=C(NCc1ccc(F)cc1)c1cccc(C(=O)Nc2ccc(F)cc2F)c1. The summed E-state index contributed by atoms with van der Waals surface area (Å²) in [5, 5.41) is 5.01. The highest BCUT2D eigenvalue weighted by molar-refractivity contribution is 6.06. The first kappa shape index (κ1) is 19.2. The molecular weight excluding hydrogens is 369 g/mol. The maximum absolute atomic E-state index is 13.7. The van der Waals surface area contributed by atoms with Gasteiger partial charge < -0.3 is 10.6 Å². The molecule has 2 N–H and O–H groups in total. The predicted octanol–water partition coefficient (Wildman–Crippen LogP) is 4.29. The third-order valence-electron chi connectivity index (χ3n) is 3.93. The largest absolute Gasteiger partial charge is 0.348 e. The fourth-order valence-electron chi connectivity index (χ4n) is 2.47. The second-order valence-corrected chi connectivity index (χ2v) is 5.97. The number of hydrogen-bond acceptors (Lipinski definition) is 2. The fraction of sp³-hybridized carbons (Fsp3) is 0.0476. The molecule has 3 aromatic rings. The molecule has 0 fully saturated rings. The molecule has 3 aromatic carbocycles. The van der Waals surface area contributed by atoms with Gasteiger partial charge in [-0.1, -0.05) is 18.2 Å². The van der Waals surface area contributed by atoms with Crippen LogP contribution in [0, 0.1) is 17.5 Å². The summed E-state index contributed by atoms with van der Waals surface area (Å²) in [6.45, 7) is 0.191. The van der Waals surface area contributed by atoms with E-state index in [9.17, 15) is 22.8 Å². The van der Waals surface area contributed by atoms with Crippen LogP contribution >= 0.6 is 0 Å². The van der Waals surface area contributed by atoms with Crippen molar-refractivity contribution in [1.82, 2.24) is 5.32 Å². The van der Waals surface area contributed by atoms with Crippen molar-refractivity contribution in [2.45, 2.75) is 6.54 Å². The van der Waals surface area contributed by atoms with Gasteiger partial charge in [0.15, 0.2) is 0 Å². The molecule has 7 heteroatoms. The summed E-state index contributed by atoms with van der Waals surface area (Å²) in [5.41, 5.74) is 0.917. The van der Waals surface area contributed by atoms with Crippen molar-refractivity contribution in [3.8, 4) is 0 Å². The smallest absolute Gasteiger partial charge is 0.255 e. The molecule has 28 heavy (non-hydrogen) atoms. The summed E-state index contributed by atoms with van der Waals surface area (Å²) in [5.74, 6) is -3.09. The fourth-order valence-corrected chi connectivity index (χ4v) is 2.47. The van der Waals surface area contributed by atoms with Crippen LogP contribution in [0.5, 0.6) is 0 Å². The van der Waals surface area contributed by atoms with E-state index in [0.29, 0.717) is 6.07 Å². The van der Waals surface area contributed by atoms with Crippen LogP contribution in [0.3, 0.4) is 0 Å². The summed E-state index contributed by atoms with van der Waals surface area (Å²) in [6, 6.07) is 14.4. The van der Waals surface area contributed by atoms with Gasteiger partial charge in [-0.05, 0) is 48.0 Å². The molecular formula is C21H15F3N2O2. The Morgan fingerprint density at radius 3 is 2.07 bits per heavy atom. The average molecular weight is 384 g/mol. The predicted molar refractivity (Wildman–Crippen MR) is 98.3 cm³/mol. The Balaban J connectivity index is 1.67. The number of anilines is 1. The molecule has 4 nitrogen and oxygen atoms in total. The number of carbonyl (C=O) groups excluding carboxylic acids is 2. The van der Waals surface area contributed by atoms with E-state index in [-0.39, 0.29) is 29.2 Å². The van der Waals surface area contributed by atoms with Crippen molar-refractivity contribution in [3.05, 3.63) is 101 Å². The van der Waals surface area contributed by atoms with E-state index in [1.807, 2.05) is 0 Å². The zero-order valence-corrected chi connectivity index (χ0v) is 14.5. The third-order valence-corrected chi connectivity index (χ3v) is 3.93. The number of carbonyl (C=O) groups is 2. The average Bonchev–Trinajstić information content (AvgIpc) is 2.69.